The molecule has 0 aromatic heterocycles. The summed E-state index contributed by atoms with van der Waals surface area (Å²) in [6.45, 7) is 2.07. The van der Waals surface area contributed by atoms with Crippen LogP contribution >= 0.6 is 0 Å². The van der Waals surface area contributed by atoms with Crippen molar-refractivity contribution >= 4 is 11.7 Å². The first-order valence-corrected chi connectivity index (χ1v) is 8.06. The monoisotopic (exact) mass is 287 g/mol. The SMILES string of the molecule is COC(=O)C1(Nc2cccc(C)c2)CCCC(C2CC2)C1. The van der Waals surface area contributed by atoms with Gasteiger partial charge >= 0.3 is 5.97 Å². The van der Waals surface area contributed by atoms with E-state index in [1.165, 1.54) is 31.9 Å². The number of esters is 1. The minimum absolute atomic E-state index is 0.102. The molecule has 2 aliphatic carbocycles. The Morgan fingerprint density at radius 2 is 2.10 bits per heavy atom. The zero-order chi connectivity index (χ0) is 14.9. The predicted molar refractivity (Wildman–Crippen MR) is 84.2 cm³/mol. The van der Waals surface area contributed by atoms with E-state index in [-0.39, 0.29) is 5.97 Å². The topological polar surface area (TPSA) is 38.3 Å². The number of carbonyl (C=O) groups excluding carboxylic acids is 1. The average Bonchev–Trinajstić information content (AvgIpc) is 3.31. The molecule has 114 valence electrons. The van der Waals surface area contributed by atoms with Crippen LogP contribution in [0.1, 0.15) is 44.1 Å². The summed E-state index contributed by atoms with van der Waals surface area (Å²) in [5.41, 5.74) is 1.69. The quantitative estimate of drug-likeness (QED) is 0.853. The van der Waals surface area contributed by atoms with Crippen LogP contribution in [-0.2, 0) is 9.53 Å². The van der Waals surface area contributed by atoms with E-state index in [2.05, 4.69) is 24.4 Å². The first-order chi connectivity index (χ1) is 10.1. The summed E-state index contributed by atoms with van der Waals surface area (Å²) in [5, 5.41) is 3.52. The molecule has 0 saturated heterocycles. The number of carbonyl (C=O) groups is 1. The van der Waals surface area contributed by atoms with Crippen molar-refractivity contribution in [1.82, 2.24) is 0 Å². The molecule has 2 aliphatic rings. The van der Waals surface area contributed by atoms with Gasteiger partial charge < -0.3 is 10.1 Å². The van der Waals surface area contributed by atoms with Crippen LogP contribution in [0.5, 0.6) is 0 Å². The normalized spacial score (nSPS) is 29.0. The van der Waals surface area contributed by atoms with E-state index in [9.17, 15) is 4.79 Å². The van der Waals surface area contributed by atoms with Crippen molar-refractivity contribution in [3.05, 3.63) is 29.8 Å². The smallest absolute Gasteiger partial charge is 0.331 e. The number of nitrogens with one attached hydrogen (secondary N) is 1. The number of hydrogen-bond acceptors (Lipinski definition) is 3. The Balaban J connectivity index is 1.83. The molecule has 1 N–H and O–H groups in total. The van der Waals surface area contributed by atoms with E-state index in [4.69, 9.17) is 4.74 Å². The minimum atomic E-state index is -0.534. The van der Waals surface area contributed by atoms with Crippen molar-refractivity contribution in [2.45, 2.75) is 51.0 Å². The fourth-order valence-electron chi connectivity index (χ4n) is 3.83. The maximum Gasteiger partial charge on any atom is 0.331 e. The second-order valence-electron chi connectivity index (χ2n) is 6.76. The van der Waals surface area contributed by atoms with Crippen LogP contribution in [0, 0.1) is 18.8 Å². The Kier molecular flexibility index (Phi) is 3.92. The van der Waals surface area contributed by atoms with E-state index in [0.29, 0.717) is 5.92 Å². The van der Waals surface area contributed by atoms with E-state index < -0.39 is 5.54 Å². The highest BCUT2D eigenvalue weighted by Crippen LogP contribution is 2.47. The highest BCUT2D eigenvalue weighted by atomic mass is 16.5. The van der Waals surface area contributed by atoms with Gasteiger partial charge in [0.1, 0.15) is 5.54 Å². The summed E-state index contributed by atoms with van der Waals surface area (Å²) in [4.78, 5) is 12.5. The number of anilines is 1. The van der Waals surface area contributed by atoms with Crippen LogP contribution in [0.3, 0.4) is 0 Å². The summed E-state index contributed by atoms with van der Waals surface area (Å²) in [7, 11) is 1.50. The third kappa shape index (κ3) is 3.07. The minimum Gasteiger partial charge on any atom is -0.467 e. The van der Waals surface area contributed by atoms with Gasteiger partial charge in [-0.1, -0.05) is 18.6 Å². The Hall–Kier alpha value is -1.51. The summed E-state index contributed by atoms with van der Waals surface area (Å²) >= 11 is 0. The third-order valence-corrected chi connectivity index (χ3v) is 5.06. The maximum absolute atomic E-state index is 12.5. The lowest BCUT2D eigenvalue weighted by atomic mass is 9.73. The van der Waals surface area contributed by atoms with Crippen LogP contribution in [0.2, 0.25) is 0 Å². The number of ether oxygens (including phenoxy) is 1. The predicted octanol–water partition coefficient (Wildman–Crippen LogP) is 3.92. The van der Waals surface area contributed by atoms with Crippen molar-refractivity contribution in [2.24, 2.45) is 11.8 Å². The molecule has 2 unspecified atom stereocenters. The summed E-state index contributed by atoms with van der Waals surface area (Å²) in [5.74, 6) is 1.41. The first-order valence-electron chi connectivity index (χ1n) is 8.06. The molecule has 21 heavy (non-hydrogen) atoms. The molecule has 1 aromatic rings. The molecule has 2 fully saturated rings. The van der Waals surface area contributed by atoms with Gasteiger partial charge in [-0.15, -0.1) is 0 Å². The fourth-order valence-corrected chi connectivity index (χ4v) is 3.83. The van der Waals surface area contributed by atoms with Gasteiger partial charge in [-0.2, -0.15) is 0 Å². The molecule has 1 aromatic carbocycles. The van der Waals surface area contributed by atoms with Crippen molar-refractivity contribution < 1.29 is 9.53 Å². The van der Waals surface area contributed by atoms with Crippen molar-refractivity contribution in [3.8, 4) is 0 Å². The third-order valence-electron chi connectivity index (χ3n) is 5.06. The van der Waals surface area contributed by atoms with E-state index >= 15 is 0 Å². The fraction of sp³-hybridized carbons (Fsp3) is 0.611. The Morgan fingerprint density at radius 1 is 1.29 bits per heavy atom. The molecule has 3 nitrogen and oxygen atoms in total. The average molecular weight is 287 g/mol. The van der Waals surface area contributed by atoms with Crippen LogP contribution in [0.4, 0.5) is 5.69 Å². The van der Waals surface area contributed by atoms with Crippen LogP contribution < -0.4 is 5.32 Å². The summed E-state index contributed by atoms with van der Waals surface area (Å²) < 4.78 is 5.14. The highest BCUT2D eigenvalue weighted by Gasteiger charge is 2.47. The zero-order valence-corrected chi connectivity index (χ0v) is 13.0. The molecule has 0 bridgehead atoms. The summed E-state index contributed by atoms with van der Waals surface area (Å²) in [6, 6.07) is 8.25. The van der Waals surface area contributed by atoms with Gasteiger partial charge in [0, 0.05) is 5.69 Å². The standard InChI is InChI=1S/C18H25NO2/c1-13-5-3-7-16(11-13)19-18(17(20)21-2)10-4-6-15(12-18)14-8-9-14/h3,5,7,11,14-15,19H,4,6,8-10,12H2,1-2H3. The van der Waals surface area contributed by atoms with Gasteiger partial charge in [-0.3, -0.25) is 0 Å². The van der Waals surface area contributed by atoms with Crippen molar-refractivity contribution in [1.29, 1.82) is 0 Å². The lowest BCUT2D eigenvalue weighted by Crippen LogP contribution is -2.50. The molecule has 0 radical (unpaired) electrons. The van der Waals surface area contributed by atoms with E-state index in [1.807, 2.05) is 12.1 Å². The number of hydrogen-bond donors (Lipinski definition) is 1. The molecule has 0 amide bonds. The Labute approximate surface area is 127 Å². The van der Waals surface area contributed by atoms with Gasteiger partial charge in [-0.25, -0.2) is 4.79 Å². The van der Waals surface area contributed by atoms with E-state index in [0.717, 1.165) is 30.9 Å². The molecular formula is C18H25NO2. The molecule has 0 spiro atoms. The first kappa shape index (κ1) is 14.4. The molecule has 0 heterocycles. The number of methoxy groups -OCH3 is 1. The van der Waals surface area contributed by atoms with E-state index in [1.54, 1.807) is 0 Å². The van der Waals surface area contributed by atoms with Crippen LogP contribution in [0.15, 0.2) is 24.3 Å². The Morgan fingerprint density at radius 3 is 2.76 bits per heavy atom. The van der Waals surface area contributed by atoms with Crippen LogP contribution in [0.25, 0.3) is 0 Å². The number of rotatable bonds is 4. The van der Waals surface area contributed by atoms with Gasteiger partial charge in [0.25, 0.3) is 0 Å². The van der Waals surface area contributed by atoms with Gasteiger partial charge in [0.15, 0.2) is 0 Å². The molecule has 3 heteroatoms. The molecule has 2 atom stereocenters. The largest absolute Gasteiger partial charge is 0.467 e. The van der Waals surface area contributed by atoms with Gasteiger partial charge in [0.2, 0.25) is 0 Å². The molecule has 2 saturated carbocycles. The molecule has 0 aliphatic heterocycles. The van der Waals surface area contributed by atoms with Crippen LogP contribution in [-0.4, -0.2) is 18.6 Å². The lowest BCUT2D eigenvalue weighted by Gasteiger charge is -2.40. The van der Waals surface area contributed by atoms with Crippen molar-refractivity contribution in [2.75, 3.05) is 12.4 Å². The molecular weight excluding hydrogens is 262 g/mol. The van der Waals surface area contributed by atoms with Gasteiger partial charge in [0.05, 0.1) is 7.11 Å². The van der Waals surface area contributed by atoms with Crippen molar-refractivity contribution in [3.63, 3.8) is 0 Å². The second kappa shape index (κ2) is 5.70. The Bertz CT molecular complexity index is 524. The number of benzene rings is 1. The zero-order valence-electron chi connectivity index (χ0n) is 13.0. The molecule has 3 rings (SSSR count). The second-order valence-corrected chi connectivity index (χ2v) is 6.76. The summed E-state index contributed by atoms with van der Waals surface area (Å²) in [6.07, 6.45) is 6.84. The lowest BCUT2D eigenvalue weighted by molar-refractivity contribution is -0.148. The highest BCUT2D eigenvalue weighted by molar-refractivity contribution is 5.84. The number of aryl methyl sites for hydroxylation is 1. The van der Waals surface area contributed by atoms with Gasteiger partial charge in [-0.05, 0) is 68.6 Å². The maximum atomic E-state index is 12.5.